The summed E-state index contributed by atoms with van der Waals surface area (Å²) >= 11 is 0. The van der Waals surface area contributed by atoms with Gasteiger partial charge in [-0.15, -0.1) is 5.10 Å². The van der Waals surface area contributed by atoms with E-state index in [-0.39, 0.29) is 5.91 Å². The van der Waals surface area contributed by atoms with Gasteiger partial charge in [-0.25, -0.2) is 0 Å². The molecule has 1 amide bonds. The summed E-state index contributed by atoms with van der Waals surface area (Å²) in [5.41, 5.74) is 4.47. The van der Waals surface area contributed by atoms with Crippen molar-refractivity contribution in [2.75, 3.05) is 0 Å². The first kappa shape index (κ1) is 18.4. The van der Waals surface area contributed by atoms with Crippen molar-refractivity contribution < 1.29 is 9.53 Å². The van der Waals surface area contributed by atoms with Crippen LogP contribution in [0.25, 0.3) is 21.8 Å². The van der Waals surface area contributed by atoms with Gasteiger partial charge in [0, 0.05) is 47.3 Å². The number of para-hydroxylation sites is 2. The Hall–Kier alpha value is -3.60. The van der Waals surface area contributed by atoms with Crippen LogP contribution in [0.15, 0.2) is 77.9 Å². The van der Waals surface area contributed by atoms with Crippen molar-refractivity contribution >= 4 is 33.6 Å². The molecule has 0 spiro atoms. The van der Waals surface area contributed by atoms with Gasteiger partial charge in [0.15, 0.2) is 0 Å². The molecular formula is C25H23N3O2. The number of nitrogens with zero attached hydrogens (tertiary/aromatic N) is 3. The molecular weight excluding hydrogens is 374 g/mol. The van der Waals surface area contributed by atoms with Gasteiger partial charge in [-0.05, 0) is 19.1 Å². The van der Waals surface area contributed by atoms with E-state index in [9.17, 15) is 4.79 Å². The van der Waals surface area contributed by atoms with E-state index >= 15 is 0 Å². The monoisotopic (exact) mass is 397 g/mol. The van der Waals surface area contributed by atoms with Gasteiger partial charge in [-0.2, -0.15) is 5.01 Å². The van der Waals surface area contributed by atoms with Gasteiger partial charge in [-0.3, -0.25) is 4.79 Å². The Morgan fingerprint density at radius 2 is 1.53 bits per heavy atom. The molecule has 150 valence electrons. The maximum absolute atomic E-state index is 12.2. The van der Waals surface area contributed by atoms with Crippen molar-refractivity contribution in [2.24, 2.45) is 5.10 Å². The van der Waals surface area contributed by atoms with E-state index in [1.54, 1.807) is 0 Å². The van der Waals surface area contributed by atoms with Crippen molar-refractivity contribution in [2.45, 2.75) is 33.0 Å². The Labute approximate surface area is 175 Å². The maximum atomic E-state index is 12.2. The molecule has 5 nitrogen and oxygen atoms in total. The molecule has 1 atom stereocenters. The van der Waals surface area contributed by atoms with Gasteiger partial charge in [0.25, 0.3) is 0 Å². The zero-order chi connectivity index (χ0) is 20.7. The number of carbonyl (C=O) groups is 1. The summed E-state index contributed by atoms with van der Waals surface area (Å²) in [5, 5.41) is 8.41. The third kappa shape index (κ3) is 3.12. The van der Waals surface area contributed by atoms with Crippen molar-refractivity contribution in [1.82, 2.24) is 9.58 Å². The third-order valence-corrected chi connectivity index (χ3v) is 5.60. The lowest BCUT2D eigenvalue weighted by atomic mass is 10.1. The van der Waals surface area contributed by atoms with E-state index < -0.39 is 6.23 Å². The summed E-state index contributed by atoms with van der Waals surface area (Å²) in [7, 11) is 0. The van der Waals surface area contributed by atoms with Gasteiger partial charge in [0.1, 0.15) is 0 Å². The molecule has 0 fully saturated rings. The largest absolute Gasteiger partial charge is 0.449 e. The highest BCUT2D eigenvalue weighted by Crippen LogP contribution is 2.31. The molecule has 0 radical (unpaired) electrons. The third-order valence-electron chi connectivity index (χ3n) is 5.60. The molecule has 4 aromatic rings. The molecule has 0 aliphatic carbocycles. The van der Waals surface area contributed by atoms with E-state index in [4.69, 9.17) is 4.74 Å². The van der Waals surface area contributed by atoms with Crippen LogP contribution in [0.5, 0.6) is 0 Å². The lowest BCUT2D eigenvalue weighted by molar-refractivity contribution is -0.135. The highest BCUT2D eigenvalue weighted by molar-refractivity contribution is 6.08. The number of carbonyl (C=O) groups excluding carboxylic acids is 1. The van der Waals surface area contributed by atoms with E-state index in [0.29, 0.717) is 12.3 Å². The number of hydrogen-bond acceptors (Lipinski definition) is 3. The average molecular weight is 397 g/mol. The number of fused-ring (bicyclic) bond motifs is 3. The summed E-state index contributed by atoms with van der Waals surface area (Å²) in [6.45, 7) is 4.28. The number of amides is 1. The SMILES string of the molecule is CC(=O)N1N=C(CCn2c3ccccc3c3ccccc32)O[C@@H]1c1ccc(C)cc1. The normalized spacial score (nSPS) is 16.1. The first-order valence-corrected chi connectivity index (χ1v) is 10.2. The molecule has 5 heteroatoms. The standard InChI is InChI=1S/C25H23N3O2/c1-17-11-13-19(14-12-17)25-28(18(2)29)26-24(30-25)15-16-27-22-9-5-3-7-20(22)21-8-4-6-10-23(21)27/h3-14,25H,15-16H2,1-2H3/t25-/m1/s1. The zero-order valence-electron chi connectivity index (χ0n) is 17.1. The van der Waals surface area contributed by atoms with Crippen molar-refractivity contribution in [3.63, 3.8) is 0 Å². The predicted molar refractivity (Wildman–Crippen MR) is 119 cm³/mol. The molecule has 3 aromatic carbocycles. The van der Waals surface area contributed by atoms with Crippen LogP contribution in [0.2, 0.25) is 0 Å². The van der Waals surface area contributed by atoms with Crippen molar-refractivity contribution in [3.05, 3.63) is 83.9 Å². The zero-order valence-corrected chi connectivity index (χ0v) is 17.1. The molecule has 1 aromatic heterocycles. The topological polar surface area (TPSA) is 46.8 Å². The minimum atomic E-state index is -0.503. The highest BCUT2D eigenvalue weighted by Gasteiger charge is 2.32. The molecule has 1 aliphatic rings. The number of rotatable bonds is 4. The van der Waals surface area contributed by atoms with Gasteiger partial charge in [-0.1, -0.05) is 66.2 Å². The van der Waals surface area contributed by atoms with E-state index in [1.165, 1.54) is 39.3 Å². The minimum absolute atomic E-state index is 0.132. The molecule has 2 heterocycles. The maximum Gasteiger partial charge on any atom is 0.243 e. The average Bonchev–Trinajstić information content (AvgIpc) is 3.33. The van der Waals surface area contributed by atoms with Crippen LogP contribution in [-0.4, -0.2) is 21.4 Å². The number of aromatic nitrogens is 1. The quantitative estimate of drug-likeness (QED) is 0.464. The molecule has 30 heavy (non-hydrogen) atoms. The first-order valence-electron chi connectivity index (χ1n) is 10.2. The molecule has 0 N–H and O–H groups in total. The Morgan fingerprint density at radius 1 is 0.933 bits per heavy atom. The van der Waals surface area contributed by atoms with Crippen molar-refractivity contribution in [1.29, 1.82) is 0 Å². The Kier molecular flexibility index (Phi) is 4.51. The second-order valence-electron chi connectivity index (χ2n) is 7.67. The predicted octanol–water partition coefficient (Wildman–Crippen LogP) is 5.38. The van der Waals surface area contributed by atoms with Crippen LogP contribution >= 0.6 is 0 Å². The summed E-state index contributed by atoms with van der Waals surface area (Å²) in [6.07, 6.45) is 0.102. The number of hydrogen-bond donors (Lipinski definition) is 0. The molecule has 0 saturated carbocycles. The number of ether oxygens (including phenoxy) is 1. The van der Waals surface area contributed by atoms with Gasteiger partial charge in [0.2, 0.25) is 18.0 Å². The lowest BCUT2D eigenvalue weighted by Crippen LogP contribution is -2.25. The number of benzene rings is 3. The fraction of sp³-hybridized carbons (Fsp3) is 0.200. The Balaban J connectivity index is 1.43. The van der Waals surface area contributed by atoms with Gasteiger partial charge < -0.3 is 9.30 Å². The van der Waals surface area contributed by atoms with Crippen LogP contribution in [0.4, 0.5) is 0 Å². The minimum Gasteiger partial charge on any atom is -0.449 e. The number of hydrazone groups is 1. The fourth-order valence-corrected chi connectivity index (χ4v) is 4.11. The molecule has 0 bridgehead atoms. The molecule has 0 unspecified atom stereocenters. The van der Waals surface area contributed by atoms with E-state index in [0.717, 1.165) is 12.1 Å². The summed E-state index contributed by atoms with van der Waals surface area (Å²) in [5.74, 6) is 0.449. The summed E-state index contributed by atoms with van der Waals surface area (Å²) < 4.78 is 8.42. The summed E-state index contributed by atoms with van der Waals surface area (Å²) in [4.78, 5) is 12.2. The summed E-state index contributed by atoms with van der Waals surface area (Å²) in [6, 6.07) is 24.9. The smallest absolute Gasteiger partial charge is 0.243 e. The molecule has 5 rings (SSSR count). The van der Waals surface area contributed by atoms with Crippen LogP contribution in [0.3, 0.4) is 0 Å². The second-order valence-corrected chi connectivity index (χ2v) is 7.67. The Bertz CT molecular complexity index is 1220. The Morgan fingerprint density at radius 3 is 2.13 bits per heavy atom. The second kappa shape index (κ2) is 7.34. The van der Waals surface area contributed by atoms with Crippen LogP contribution in [0, 0.1) is 6.92 Å². The number of aryl methyl sites for hydroxylation is 2. The fourth-order valence-electron chi connectivity index (χ4n) is 4.11. The highest BCUT2D eigenvalue weighted by atomic mass is 16.5. The lowest BCUT2D eigenvalue weighted by Gasteiger charge is -2.19. The van der Waals surface area contributed by atoms with Crippen LogP contribution < -0.4 is 0 Å². The van der Waals surface area contributed by atoms with Crippen LogP contribution in [0.1, 0.15) is 30.7 Å². The van der Waals surface area contributed by atoms with Crippen LogP contribution in [-0.2, 0) is 16.1 Å². The van der Waals surface area contributed by atoms with Crippen molar-refractivity contribution in [3.8, 4) is 0 Å². The van der Waals surface area contributed by atoms with Gasteiger partial charge in [0.05, 0.1) is 0 Å². The first-order chi connectivity index (χ1) is 14.6. The van der Waals surface area contributed by atoms with E-state index in [1.807, 2.05) is 31.2 Å². The molecule has 1 aliphatic heterocycles. The van der Waals surface area contributed by atoms with Gasteiger partial charge >= 0.3 is 0 Å². The molecule has 0 saturated heterocycles. The van der Waals surface area contributed by atoms with E-state index in [2.05, 4.69) is 58.2 Å².